The van der Waals surface area contributed by atoms with Crippen LogP contribution in [0, 0.1) is 11.7 Å². The Bertz CT molecular complexity index is 518. The van der Waals surface area contributed by atoms with Gasteiger partial charge in [-0.1, -0.05) is 0 Å². The Kier molecular flexibility index (Phi) is 10.1. The highest BCUT2D eigenvalue weighted by Crippen LogP contribution is 2.15. The lowest BCUT2D eigenvalue weighted by Crippen LogP contribution is -2.44. The van der Waals surface area contributed by atoms with Gasteiger partial charge in [0, 0.05) is 13.6 Å². The maximum absolute atomic E-state index is 12.9. The average Bonchev–Trinajstić information content (AvgIpc) is 2.58. The minimum Gasteiger partial charge on any atom is -0.489 e. The van der Waals surface area contributed by atoms with E-state index < -0.39 is 0 Å². The molecule has 1 aromatic carbocycles. The molecular weight excluding hydrogens is 434 g/mol. The Morgan fingerprint density at radius 1 is 1.28 bits per heavy atom. The van der Waals surface area contributed by atoms with Gasteiger partial charge in [-0.2, -0.15) is 0 Å². The van der Waals surface area contributed by atoms with Gasteiger partial charge in [0.25, 0.3) is 0 Å². The molecule has 2 N–H and O–H groups in total. The van der Waals surface area contributed by atoms with Crippen molar-refractivity contribution < 1.29 is 9.13 Å². The molecule has 1 unspecified atom stereocenters. The number of halogens is 2. The van der Waals surface area contributed by atoms with Crippen LogP contribution in [0.25, 0.3) is 0 Å². The van der Waals surface area contributed by atoms with Crippen molar-refractivity contribution in [1.29, 1.82) is 0 Å². The molecule has 0 aromatic heterocycles. The molecule has 0 bridgehead atoms. The van der Waals surface area contributed by atoms with Crippen molar-refractivity contribution in [2.24, 2.45) is 10.9 Å². The Balaban J connectivity index is 0.00000312. The second-order valence-electron chi connectivity index (χ2n) is 6.46. The van der Waals surface area contributed by atoms with E-state index in [9.17, 15) is 4.39 Å². The van der Waals surface area contributed by atoms with Crippen LogP contribution in [0.15, 0.2) is 29.3 Å². The molecule has 0 aliphatic carbocycles. The number of aliphatic imine (C=N–C) groups is 1. The molecule has 2 rings (SSSR count). The quantitative estimate of drug-likeness (QED) is 0.386. The van der Waals surface area contributed by atoms with Crippen LogP contribution in [0.5, 0.6) is 5.75 Å². The maximum Gasteiger partial charge on any atom is 0.191 e. The SMILES string of the molecule is CN=C(NCC1CCN(C)CC1)NCC(C)Oc1ccc(F)cc1.I. The number of piperidine rings is 1. The van der Waals surface area contributed by atoms with Crippen molar-refractivity contribution in [3.8, 4) is 5.75 Å². The number of likely N-dealkylation sites (tertiary alicyclic amines) is 1. The van der Waals surface area contributed by atoms with Gasteiger partial charge in [0.15, 0.2) is 5.96 Å². The van der Waals surface area contributed by atoms with E-state index in [2.05, 4.69) is 27.6 Å². The minimum atomic E-state index is -0.258. The van der Waals surface area contributed by atoms with Gasteiger partial charge in [-0.15, -0.1) is 24.0 Å². The van der Waals surface area contributed by atoms with Crippen LogP contribution in [0.2, 0.25) is 0 Å². The Hall–Kier alpha value is -1.09. The predicted octanol–water partition coefficient (Wildman–Crippen LogP) is 2.72. The van der Waals surface area contributed by atoms with Crippen LogP contribution >= 0.6 is 24.0 Å². The molecule has 0 spiro atoms. The van der Waals surface area contributed by atoms with Crippen LogP contribution in [-0.4, -0.2) is 57.2 Å². The molecule has 0 radical (unpaired) electrons. The fourth-order valence-corrected chi connectivity index (χ4v) is 2.76. The summed E-state index contributed by atoms with van der Waals surface area (Å²) in [6.07, 6.45) is 2.41. The van der Waals surface area contributed by atoms with E-state index >= 15 is 0 Å². The van der Waals surface area contributed by atoms with Crippen LogP contribution in [0.1, 0.15) is 19.8 Å². The summed E-state index contributed by atoms with van der Waals surface area (Å²) in [6.45, 7) is 5.88. The van der Waals surface area contributed by atoms with E-state index in [4.69, 9.17) is 4.74 Å². The van der Waals surface area contributed by atoms with Gasteiger partial charge in [-0.25, -0.2) is 4.39 Å². The number of rotatable bonds is 6. The molecule has 0 amide bonds. The highest BCUT2D eigenvalue weighted by Gasteiger charge is 2.16. The summed E-state index contributed by atoms with van der Waals surface area (Å²) in [4.78, 5) is 6.63. The van der Waals surface area contributed by atoms with Crippen molar-refractivity contribution >= 4 is 29.9 Å². The highest BCUT2D eigenvalue weighted by molar-refractivity contribution is 14.0. The Labute approximate surface area is 167 Å². The highest BCUT2D eigenvalue weighted by atomic mass is 127. The van der Waals surface area contributed by atoms with Crippen molar-refractivity contribution in [3.05, 3.63) is 30.1 Å². The topological polar surface area (TPSA) is 48.9 Å². The summed E-state index contributed by atoms with van der Waals surface area (Å²) in [7, 11) is 3.95. The molecule has 7 heteroatoms. The molecule has 1 heterocycles. The Morgan fingerprint density at radius 2 is 1.92 bits per heavy atom. The van der Waals surface area contributed by atoms with Crippen LogP contribution < -0.4 is 15.4 Å². The van der Waals surface area contributed by atoms with E-state index in [-0.39, 0.29) is 35.9 Å². The zero-order valence-corrected chi connectivity index (χ0v) is 17.6. The summed E-state index contributed by atoms with van der Waals surface area (Å²) < 4.78 is 18.6. The minimum absolute atomic E-state index is 0. The number of ether oxygens (including phenoxy) is 1. The third-order valence-electron chi connectivity index (χ3n) is 4.33. The van der Waals surface area contributed by atoms with Gasteiger partial charge in [0.1, 0.15) is 17.7 Å². The van der Waals surface area contributed by atoms with Gasteiger partial charge < -0.3 is 20.3 Å². The van der Waals surface area contributed by atoms with Crippen molar-refractivity contribution in [3.63, 3.8) is 0 Å². The first-order valence-electron chi connectivity index (χ1n) is 8.62. The zero-order valence-electron chi connectivity index (χ0n) is 15.3. The zero-order chi connectivity index (χ0) is 17.4. The first kappa shape index (κ1) is 22.0. The van der Waals surface area contributed by atoms with Crippen LogP contribution in [0.3, 0.4) is 0 Å². The number of nitrogens with one attached hydrogen (secondary N) is 2. The standard InChI is InChI=1S/C18H29FN4O.HI/c1-14(24-17-6-4-16(19)5-7-17)12-21-18(20-2)22-13-15-8-10-23(3)11-9-15;/h4-7,14-15H,8-13H2,1-3H3,(H2,20,21,22);1H. The number of guanidine groups is 1. The molecule has 0 saturated carbocycles. The molecule has 5 nitrogen and oxygen atoms in total. The van der Waals surface area contributed by atoms with Crippen LogP contribution in [0.4, 0.5) is 4.39 Å². The average molecular weight is 464 g/mol. The second-order valence-corrected chi connectivity index (χ2v) is 6.46. The van der Waals surface area contributed by atoms with E-state index in [1.54, 1.807) is 19.2 Å². The Morgan fingerprint density at radius 3 is 2.52 bits per heavy atom. The third-order valence-corrected chi connectivity index (χ3v) is 4.33. The molecule has 25 heavy (non-hydrogen) atoms. The van der Waals surface area contributed by atoms with Gasteiger partial charge in [-0.3, -0.25) is 4.99 Å². The van der Waals surface area contributed by atoms with Crippen molar-refractivity contribution in [2.45, 2.75) is 25.9 Å². The molecular formula is C18H30FIN4O. The fourth-order valence-electron chi connectivity index (χ4n) is 2.76. The first-order valence-corrected chi connectivity index (χ1v) is 8.62. The van der Waals surface area contributed by atoms with E-state index in [0.717, 1.165) is 12.5 Å². The number of hydrogen-bond acceptors (Lipinski definition) is 3. The maximum atomic E-state index is 12.9. The summed E-state index contributed by atoms with van der Waals surface area (Å²) in [5.41, 5.74) is 0. The summed E-state index contributed by atoms with van der Waals surface area (Å²) in [5, 5.41) is 6.67. The lowest BCUT2D eigenvalue weighted by molar-refractivity contribution is 0.218. The van der Waals surface area contributed by atoms with E-state index in [1.807, 2.05) is 6.92 Å². The van der Waals surface area contributed by atoms with E-state index in [0.29, 0.717) is 18.2 Å². The molecule has 1 atom stereocenters. The van der Waals surface area contributed by atoms with Gasteiger partial charge in [0.2, 0.25) is 0 Å². The van der Waals surface area contributed by atoms with Gasteiger partial charge in [0.05, 0.1) is 6.54 Å². The molecule has 1 aliphatic rings. The summed E-state index contributed by atoms with van der Waals surface area (Å²) in [6, 6.07) is 6.08. The third kappa shape index (κ3) is 8.22. The molecule has 1 aromatic rings. The molecule has 142 valence electrons. The molecule has 1 fully saturated rings. The smallest absolute Gasteiger partial charge is 0.191 e. The largest absolute Gasteiger partial charge is 0.489 e. The van der Waals surface area contributed by atoms with Gasteiger partial charge >= 0.3 is 0 Å². The predicted molar refractivity (Wildman–Crippen MR) is 111 cm³/mol. The molecule has 1 aliphatic heterocycles. The fraction of sp³-hybridized carbons (Fsp3) is 0.611. The number of nitrogens with zero attached hydrogens (tertiary/aromatic N) is 2. The lowest BCUT2D eigenvalue weighted by Gasteiger charge is -2.29. The van der Waals surface area contributed by atoms with Crippen LogP contribution in [-0.2, 0) is 0 Å². The monoisotopic (exact) mass is 464 g/mol. The second kappa shape index (κ2) is 11.5. The molecule has 1 saturated heterocycles. The summed E-state index contributed by atoms with van der Waals surface area (Å²) in [5.74, 6) is 1.91. The van der Waals surface area contributed by atoms with Crippen molar-refractivity contribution in [1.82, 2.24) is 15.5 Å². The van der Waals surface area contributed by atoms with E-state index in [1.165, 1.54) is 38.1 Å². The number of benzene rings is 1. The summed E-state index contributed by atoms with van der Waals surface area (Å²) >= 11 is 0. The first-order chi connectivity index (χ1) is 11.6. The number of hydrogen-bond donors (Lipinski definition) is 2. The lowest BCUT2D eigenvalue weighted by atomic mass is 9.97. The normalized spacial score (nSPS) is 17.5. The van der Waals surface area contributed by atoms with Crippen molar-refractivity contribution in [2.75, 3.05) is 40.3 Å². The van der Waals surface area contributed by atoms with Gasteiger partial charge in [-0.05, 0) is 70.1 Å².